The third kappa shape index (κ3) is 4.33. The molecule has 1 atom stereocenters. The van der Waals surface area contributed by atoms with Gasteiger partial charge in [-0.05, 0) is 30.0 Å². The van der Waals surface area contributed by atoms with Crippen molar-refractivity contribution in [3.8, 4) is 0 Å². The fourth-order valence-corrected chi connectivity index (χ4v) is 3.04. The van der Waals surface area contributed by atoms with Gasteiger partial charge in [0.2, 0.25) is 0 Å². The standard InChI is InChI=1S/C12H19NO2S2/c1-8(2)9(14)4-6-13-12(15)11-10(16-3)5-7-17-11/h5,7-9,14H,4,6H2,1-3H3,(H,13,15). The number of thiophene rings is 1. The minimum absolute atomic E-state index is 0.0414. The summed E-state index contributed by atoms with van der Waals surface area (Å²) in [5.41, 5.74) is 0. The quantitative estimate of drug-likeness (QED) is 0.783. The van der Waals surface area contributed by atoms with Crippen LogP contribution < -0.4 is 5.32 Å². The van der Waals surface area contributed by atoms with Crippen molar-refractivity contribution < 1.29 is 9.90 Å². The zero-order valence-electron chi connectivity index (χ0n) is 10.4. The van der Waals surface area contributed by atoms with Gasteiger partial charge in [-0.25, -0.2) is 0 Å². The van der Waals surface area contributed by atoms with Gasteiger partial charge in [-0.1, -0.05) is 13.8 Å². The molecule has 3 nitrogen and oxygen atoms in total. The van der Waals surface area contributed by atoms with Crippen LogP contribution in [0, 0.1) is 5.92 Å². The zero-order valence-corrected chi connectivity index (χ0v) is 12.0. The SMILES string of the molecule is CSc1ccsc1C(=O)NCCC(O)C(C)C. The van der Waals surface area contributed by atoms with Crippen LogP contribution in [-0.4, -0.2) is 29.9 Å². The van der Waals surface area contributed by atoms with Gasteiger partial charge in [-0.3, -0.25) is 4.79 Å². The van der Waals surface area contributed by atoms with Gasteiger partial charge in [0.15, 0.2) is 0 Å². The third-order valence-corrected chi connectivity index (χ3v) is 4.37. The smallest absolute Gasteiger partial charge is 0.262 e. The molecule has 1 heterocycles. The number of rotatable bonds is 6. The van der Waals surface area contributed by atoms with Crippen LogP contribution in [-0.2, 0) is 0 Å². The predicted octanol–water partition coefficient (Wildman–Crippen LogP) is 2.61. The predicted molar refractivity (Wildman–Crippen MR) is 73.9 cm³/mol. The van der Waals surface area contributed by atoms with Crippen LogP contribution in [0.2, 0.25) is 0 Å². The maximum absolute atomic E-state index is 11.8. The molecule has 5 heteroatoms. The lowest BCUT2D eigenvalue weighted by Crippen LogP contribution is -2.28. The minimum Gasteiger partial charge on any atom is -0.393 e. The number of nitrogens with one attached hydrogen (secondary N) is 1. The van der Waals surface area contributed by atoms with Gasteiger partial charge in [0, 0.05) is 11.4 Å². The lowest BCUT2D eigenvalue weighted by molar-refractivity contribution is 0.0921. The van der Waals surface area contributed by atoms with Crippen LogP contribution in [0.15, 0.2) is 16.3 Å². The second kappa shape index (κ2) is 7.03. The molecule has 17 heavy (non-hydrogen) atoms. The van der Waals surface area contributed by atoms with Crippen molar-refractivity contribution in [1.82, 2.24) is 5.32 Å². The van der Waals surface area contributed by atoms with Crippen LogP contribution >= 0.6 is 23.1 Å². The summed E-state index contributed by atoms with van der Waals surface area (Å²) in [5.74, 6) is 0.190. The molecule has 0 aliphatic rings. The molecule has 0 aliphatic carbocycles. The normalized spacial score (nSPS) is 12.8. The molecule has 2 N–H and O–H groups in total. The molecule has 0 bridgehead atoms. The van der Waals surface area contributed by atoms with Crippen molar-refractivity contribution in [3.63, 3.8) is 0 Å². The van der Waals surface area contributed by atoms with Gasteiger partial charge in [-0.15, -0.1) is 23.1 Å². The van der Waals surface area contributed by atoms with Gasteiger partial charge in [0.05, 0.1) is 6.10 Å². The molecule has 1 aromatic heterocycles. The Morgan fingerprint density at radius 3 is 2.88 bits per heavy atom. The first kappa shape index (κ1) is 14.5. The van der Waals surface area contributed by atoms with E-state index in [1.54, 1.807) is 11.8 Å². The van der Waals surface area contributed by atoms with E-state index >= 15 is 0 Å². The number of hydrogen-bond donors (Lipinski definition) is 2. The Balaban J connectivity index is 2.40. The van der Waals surface area contributed by atoms with Crippen LogP contribution in [0.3, 0.4) is 0 Å². The van der Waals surface area contributed by atoms with Gasteiger partial charge >= 0.3 is 0 Å². The van der Waals surface area contributed by atoms with Crippen LogP contribution in [0.4, 0.5) is 0 Å². The largest absolute Gasteiger partial charge is 0.393 e. The topological polar surface area (TPSA) is 49.3 Å². The fourth-order valence-electron chi connectivity index (χ4n) is 1.37. The fraction of sp³-hybridized carbons (Fsp3) is 0.583. The van der Waals surface area contributed by atoms with Crippen LogP contribution in [0.1, 0.15) is 29.9 Å². The molecule has 1 amide bonds. The highest BCUT2D eigenvalue weighted by molar-refractivity contribution is 7.98. The summed E-state index contributed by atoms with van der Waals surface area (Å²) >= 11 is 3.03. The Bertz CT molecular complexity index is 363. The number of aliphatic hydroxyl groups is 1. The van der Waals surface area contributed by atoms with Crippen molar-refractivity contribution in [3.05, 3.63) is 16.3 Å². The van der Waals surface area contributed by atoms with Gasteiger partial charge in [-0.2, -0.15) is 0 Å². The Morgan fingerprint density at radius 1 is 1.59 bits per heavy atom. The molecule has 0 saturated carbocycles. The van der Waals surface area contributed by atoms with Crippen molar-refractivity contribution in [2.45, 2.75) is 31.3 Å². The molecular weight excluding hydrogens is 254 g/mol. The van der Waals surface area contributed by atoms with E-state index in [-0.39, 0.29) is 17.9 Å². The lowest BCUT2D eigenvalue weighted by atomic mass is 10.0. The highest BCUT2D eigenvalue weighted by Crippen LogP contribution is 2.25. The number of carbonyl (C=O) groups is 1. The van der Waals surface area contributed by atoms with E-state index in [9.17, 15) is 9.90 Å². The van der Waals surface area contributed by atoms with E-state index in [1.165, 1.54) is 11.3 Å². The Morgan fingerprint density at radius 2 is 2.29 bits per heavy atom. The number of aliphatic hydroxyl groups excluding tert-OH is 1. The first-order chi connectivity index (χ1) is 8.06. The molecule has 0 aliphatic heterocycles. The van der Waals surface area contributed by atoms with E-state index in [2.05, 4.69) is 5.32 Å². The second-order valence-electron chi connectivity index (χ2n) is 4.17. The number of amides is 1. The summed E-state index contributed by atoms with van der Waals surface area (Å²) in [4.78, 5) is 13.6. The van der Waals surface area contributed by atoms with Crippen LogP contribution in [0.25, 0.3) is 0 Å². The Labute approximate surface area is 111 Å². The van der Waals surface area contributed by atoms with E-state index in [0.29, 0.717) is 13.0 Å². The summed E-state index contributed by atoms with van der Waals surface area (Å²) in [5, 5.41) is 14.4. The Hall–Kier alpha value is -0.520. The molecule has 1 aromatic rings. The van der Waals surface area contributed by atoms with Crippen molar-refractivity contribution in [2.24, 2.45) is 5.92 Å². The zero-order chi connectivity index (χ0) is 12.8. The van der Waals surface area contributed by atoms with Crippen molar-refractivity contribution in [1.29, 1.82) is 0 Å². The number of thioether (sulfide) groups is 1. The molecule has 0 fully saturated rings. The van der Waals surface area contributed by atoms with Gasteiger partial charge < -0.3 is 10.4 Å². The monoisotopic (exact) mass is 273 g/mol. The molecule has 1 unspecified atom stereocenters. The van der Waals surface area contributed by atoms with Crippen LogP contribution in [0.5, 0.6) is 0 Å². The van der Waals surface area contributed by atoms with Crippen molar-refractivity contribution in [2.75, 3.05) is 12.8 Å². The highest BCUT2D eigenvalue weighted by Gasteiger charge is 2.13. The third-order valence-electron chi connectivity index (χ3n) is 2.55. The van der Waals surface area contributed by atoms with E-state index in [0.717, 1.165) is 9.77 Å². The molecule has 0 radical (unpaired) electrons. The summed E-state index contributed by atoms with van der Waals surface area (Å²) in [7, 11) is 0. The summed E-state index contributed by atoms with van der Waals surface area (Å²) < 4.78 is 0. The molecule has 96 valence electrons. The number of carbonyl (C=O) groups excluding carboxylic acids is 1. The lowest BCUT2D eigenvalue weighted by Gasteiger charge is -2.14. The van der Waals surface area contributed by atoms with E-state index in [1.807, 2.05) is 31.5 Å². The molecule has 0 spiro atoms. The summed E-state index contributed by atoms with van der Waals surface area (Å²) in [6.45, 7) is 4.46. The van der Waals surface area contributed by atoms with E-state index in [4.69, 9.17) is 0 Å². The average Bonchev–Trinajstić information content (AvgIpc) is 2.76. The van der Waals surface area contributed by atoms with Gasteiger partial charge in [0.25, 0.3) is 5.91 Å². The Kier molecular flexibility index (Phi) is 6.02. The second-order valence-corrected chi connectivity index (χ2v) is 5.94. The van der Waals surface area contributed by atoms with Crippen molar-refractivity contribution >= 4 is 29.0 Å². The molecular formula is C12H19NO2S2. The number of hydrogen-bond acceptors (Lipinski definition) is 4. The highest BCUT2D eigenvalue weighted by atomic mass is 32.2. The maximum Gasteiger partial charge on any atom is 0.262 e. The average molecular weight is 273 g/mol. The molecule has 1 rings (SSSR count). The molecule has 0 saturated heterocycles. The summed E-state index contributed by atoms with van der Waals surface area (Å²) in [6, 6.07) is 1.95. The molecule has 0 aromatic carbocycles. The van der Waals surface area contributed by atoms with E-state index < -0.39 is 0 Å². The maximum atomic E-state index is 11.8. The first-order valence-corrected chi connectivity index (χ1v) is 7.74. The minimum atomic E-state index is -0.348. The summed E-state index contributed by atoms with van der Waals surface area (Å²) in [6.07, 6.45) is 2.21. The first-order valence-electron chi connectivity index (χ1n) is 5.64. The van der Waals surface area contributed by atoms with Gasteiger partial charge in [0.1, 0.15) is 4.88 Å².